The summed E-state index contributed by atoms with van der Waals surface area (Å²) in [6, 6.07) is 5.28. The summed E-state index contributed by atoms with van der Waals surface area (Å²) < 4.78 is 0.691. The van der Waals surface area contributed by atoms with Crippen LogP contribution in [0.1, 0.15) is 18.9 Å². The highest BCUT2D eigenvalue weighted by Gasteiger charge is 2.04. The Bertz CT molecular complexity index is 321. The predicted molar refractivity (Wildman–Crippen MR) is 54.8 cm³/mol. The number of carbonyl (C=O) groups is 1. The molecule has 0 aliphatic rings. The zero-order chi connectivity index (χ0) is 9.84. The second-order valence-corrected chi connectivity index (χ2v) is 3.75. The normalized spacial score (nSPS) is 10.0. The largest absolute Gasteiger partial charge is 0.507 e. The van der Waals surface area contributed by atoms with Gasteiger partial charge in [-0.15, -0.1) is 0 Å². The van der Waals surface area contributed by atoms with Crippen LogP contribution in [0.15, 0.2) is 22.7 Å². The van der Waals surface area contributed by atoms with Crippen LogP contribution < -0.4 is 0 Å². The molecule has 0 amide bonds. The first-order chi connectivity index (χ1) is 6.11. The van der Waals surface area contributed by atoms with Crippen molar-refractivity contribution in [2.24, 2.45) is 0 Å². The number of hydrogen-bond donors (Lipinski definition) is 1. The molecular formula is C10H11BrO2. The highest BCUT2D eigenvalue weighted by molar-refractivity contribution is 9.10. The van der Waals surface area contributed by atoms with Crippen LogP contribution in [0.2, 0.25) is 0 Å². The van der Waals surface area contributed by atoms with Gasteiger partial charge >= 0.3 is 0 Å². The molecule has 0 aromatic heterocycles. The first-order valence-corrected chi connectivity index (χ1v) is 4.86. The Labute approximate surface area is 85.7 Å². The summed E-state index contributed by atoms with van der Waals surface area (Å²) in [6.45, 7) is 1.57. The minimum atomic E-state index is 0.162. The summed E-state index contributed by atoms with van der Waals surface area (Å²) in [5.74, 6) is 0.385. The summed E-state index contributed by atoms with van der Waals surface area (Å²) >= 11 is 3.27. The molecule has 2 nitrogen and oxygen atoms in total. The number of aromatic hydroxyl groups is 1. The fourth-order valence-electron chi connectivity index (χ4n) is 1.07. The van der Waals surface area contributed by atoms with Crippen LogP contribution in [0.4, 0.5) is 0 Å². The average Bonchev–Trinajstić information content (AvgIpc) is 2.07. The van der Waals surface area contributed by atoms with Crippen LogP contribution in [0.5, 0.6) is 5.75 Å². The van der Waals surface area contributed by atoms with Gasteiger partial charge in [-0.25, -0.2) is 0 Å². The quantitative estimate of drug-likeness (QED) is 0.886. The van der Waals surface area contributed by atoms with E-state index >= 15 is 0 Å². The molecule has 0 unspecified atom stereocenters. The Balaban J connectivity index is 2.77. The molecule has 1 aromatic rings. The van der Waals surface area contributed by atoms with Gasteiger partial charge in [-0.3, -0.25) is 0 Å². The van der Waals surface area contributed by atoms with Gasteiger partial charge in [0.2, 0.25) is 0 Å². The van der Waals surface area contributed by atoms with Crippen LogP contribution in [-0.4, -0.2) is 10.9 Å². The van der Waals surface area contributed by atoms with Crippen LogP contribution in [0.3, 0.4) is 0 Å². The number of aryl methyl sites for hydroxylation is 1. The van der Waals surface area contributed by atoms with Crippen molar-refractivity contribution in [3.63, 3.8) is 0 Å². The first-order valence-electron chi connectivity index (χ1n) is 4.07. The first kappa shape index (κ1) is 10.3. The molecule has 1 rings (SSSR count). The zero-order valence-electron chi connectivity index (χ0n) is 7.38. The number of phenolic OH excluding ortho intramolecular Hbond substituents is 1. The Morgan fingerprint density at radius 1 is 1.54 bits per heavy atom. The zero-order valence-corrected chi connectivity index (χ0v) is 8.97. The highest BCUT2D eigenvalue weighted by atomic mass is 79.9. The number of halogens is 1. The van der Waals surface area contributed by atoms with Crippen LogP contribution in [-0.2, 0) is 11.2 Å². The van der Waals surface area contributed by atoms with Gasteiger partial charge in [-0.05, 0) is 40.9 Å². The number of carbonyl (C=O) groups excluding carboxylic acids is 1. The molecule has 0 bridgehead atoms. The van der Waals surface area contributed by atoms with Crippen molar-refractivity contribution in [1.82, 2.24) is 0 Å². The van der Waals surface area contributed by atoms with Crippen LogP contribution >= 0.6 is 15.9 Å². The number of benzene rings is 1. The Morgan fingerprint density at radius 2 is 2.23 bits per heavy atom. The van der Waals surface area contributed by atoms with E-state index in [1.807, 2.05) is 6.07 Å². The predicted octanol–water partition coefficient (Wildman–Crippen LogP) is 2.68. The smallest absolute Gasteiger partial charge is 0.130 e. The van der Waals surface area contributed by atoms with E-state index in [4.69, 9.17) is 0 Å². The molecule has 13 heavy (non-hydrogen) atoms. The molecule has 0 fully saturated rings. The average molecular weight is 243 g/mol. The molecule has 0 heterocycles. The topological polar surface area (TPSA) is 37.3 Å². The number of rotatable bonds is 3. The van der Waals surface area contributed by atoms with Crippen molar-refractivity contribution in [1.29, 1.82) is 0 Å². The second kappa shape index (κ2) is 4.42. The lowest BCUT2D eigenvalue weighted by Crippen LogP contribution is -1.94. The third-order valence-electron chi connectivity index (χ3n) is 1.80. The van der Waals surface area contributed by atoms with Crippen molar-refractivity contribution in [2.75, 3.05) is 0 Å². The van der Waals surface area contributed by atoms with E-state index in [0.29, 0.717) is 17.3 Å². The van der Waals surface area contributed by atoms with Gasteiger partial charge in [-0.1, -0.05) is 12.1 Å². The van der Waals surface area contributed by atoms with Crippen molar-refractivity contribution in [3.05, 3.63) is 28.2 Å². The van der Waals surface area contributed by atoms with E-state index in [1.165, 1.54) is 0 Å². The standard InChI is InChI=1S/C10H11BrO2/c1-7(12)5-6-8-3-2-4-9(13)10(8)11/h2-4,13H,5-6H2,1H3. The van der Waals surface area contributed by atoms with Crippen molar-refractivity contribution in [2.45, 2.75) is 19.8 Å². The van der Waals surface area contributed by atoms with Gasteiger partial charge in [0.25, 0.3) is 0 Å². The minimum absolute atomic E-state index is 0.162. The third-order valence-corrected chi connectivity index (χ3v) is 2.72. The van der Waals surface area contributed by atoms with E-state index in [9.17, 15) is 9.90 Å². The molecule has 70 valence electrons. The maximum absolute atomic E-state index is 10.7. The number of phenols is 1. The summed E-state index contributed by atoms with van der Waals surface area (Å²) in [5.41, 5.74) is 0.968. The maximum Gasteiger partial charge on any atom is 0.130 e. The molecule has 0 aliphatic heterocycles. The molecule has 1 aromatic carbocycles. The molecule has 0 radical (unpaired) electrons. The van der Waals surface area contributed by atoms with E-state index < -0.39 is 0 Å². The second-order valence-electron chi connectivity index (χ2n) is 2.95. The highest BCUT2D eigenvalue weighted by Crippen LogP contribution is 2.27. The maximum atomic E-state index is 10.7. The summed E-state index contributed by atoms with van der Waals surface area (Å²) in [4.78, 5) is 10.7. The Morgan fingerprint density at radius 3 is 2.85 bits per heavy atom. The lowest BCUT2D eigenvalue weighted by molar-refractivity contribution is -0.116. The van der Waals surface area contributed by atoms with Crippen molar-refractivity contribution >= 4 is 21.7 Å². The molecule has 0 saturated carbocycles. The molecule has 0 atom stereocenters. The van der Waals surface area contributed by atoms with Gasteiger partial charge in [0.05, 0.1) is 4.47 Å². The van der Waals surface area contributed by atoms with Gasteiger partial charge in [0.1, 0.15) is 11.5 Å². The number of Topliss-reactive ketones (excluding diaryl/α,β-unsaturated/α-hetero) is 1. The molecular weight excluding hydrogens is 232 g/mol. The summed E-state index contributed by atoms with van der Waals surface area (Å²) in [6.07, 6.45) is 1.19. The van der Waals surface area contributed by atoms with E-state index in [1.54, 1.807) is 19.1 Å². The van der Waals surface area contributed by atoms with E-state index in [-0.39, 0.29) is 11.5 Å². The lowest BCUT2D eigenvalue weighted by atomic mass is 10.1. The number of ketones is 1. The van der Waals surface area contributed by atoms with Crippen LogP contribution in [0.25, 0.3) is 0 Å². The van der Waals surface area contributed by atoms with Crippen molar-refractivity contribution in [3.8, 4) is 5.75 Å². The molecule has 1 N–H and O–H groups in total. The fraction of sp³-hybridized carbons (Fsp3) is 0.300. The number of hydrogen-bond acceptors (Lipinski definition) is 2. The van der Waals surface area contributed by atoms with E-state index in [2.05, 4.69) is 15.9 Å². The molecule has 0 aliphatic carbocycles. The van der Waals surface area contributed by atoms with Gasteiger partial charge in [0.15, 0.2) is 0 Å². The summed E-state index contributed by atoms with van der Waals surface area (Å²) in [7, 11) is 0. The van der Waals surface area contributed by atoms with Gasteiger partial charge in [0, 0.05) is 6.42 Å². The van der Waals surface area contributed by atoms with E-state index in [0.717, 1.165) is 5.56 Å². The lowest BCUT2D eigenvalue weighted by Gasteiger charge is -2.03. The monoisotopic (exact) mass is 242 g/mol. The molecule has 0 saturated heterocycles. The summed E-state index contributed by atoms with van der Waals surface area (Å²) in [5, 5.41) is 9.33. The third kappa shape index (κ3) is 2.84. The van der Waals surface area contributed by atoms with Crippen LogP contribution in [0, 0.1) is 0 Å². The van der Waals surface area contributed by atoms with Crippen molar-refractivity contribution < 1.29 is 9.90 Å². The SMILES string of the molecule is CC(=O)CCc1cccc(O)c1Br. The fourth-order valence-corrected chi connectivity index (χ4v) is 1.53. The molecule has 0 spiro atoms. The Kier molecular flexibility index (Phi) is 3.48. The Hall–Kier alpha value is -0.830. The molecule has 3 heteroatoms. The van der Waals surface area contributed by atoms with Gasteiger partial charge < -0.3 is 9.90 Å². The van der Waals surface area contributed by atoms with Gasteiger partial charge in [-0.2, -0.15) is 0 Å². The minimum Gasteiger partial charge on any atom is -0.507 e.